The van der Waals surface area contributed by atoms with Gasteiger partial charge in [-0.1, -0.05) is 48.8 Å². The number of hydrogen-bond donors (Lipinski definition) is 0. The van der Waals surface area contributed by atoms with E-state index in [0.29, 0.717) is 11.0 Å². The maximum atomic E-state index is 11.0. The van der Waals surface area contributed by atoms with Gasteiger partial charge in [0.05, 0.1) is 11.0 Å². The van der Waals surface area contributed by atoms with Crippen LogP contribution in [0.1, 0.15) is 39.0 Å². The van der Waals surface area contributed by atoms with Crippen molar-refractivity contribution in [1.82, 2.24) is 0 Å². The van der Waals surface area contributed by atoms with Gasteiger partial charge in [-0.2, -0.15) is 0 Å². The Balaban J connectivity index is 3.31. The van der Waals surface area contributed by atoms with Gasteiger partial charge < -0.3 is 4.74 Å². The standard InChI is InChI=1S/C10H17IO3/c1-2-3-4-5-6-14-10(13)7-9(12)8-11/h2-8H2,1H3. The Morgan fingerprint density at radius 3 is 2.50 bits per heavy atom. The first-order chi connectivity index (χ1) is 6.70. The van der Waals surface area contributed by atoms with Crippen molar-refractivity contribution in [3.05, 3.63) is 0 Å². The third-order valence-electron chi connectivity index (χ3n) is 1.75. The Kier molecular flexibility index (Phi) is 9.34. The number of rotatable bonds is 8. The minimum Gasteiger partial charge on any atom is -0.465 e. The van der Waals surface area contributed by atoms with E-state index in [2.05, 4.69) is 6.92 Å². The number of ketones is 1. The van der Waals surface area contributed by atoms with Crippen molar-refractivity contribution in [2.24, 2.45) is 0 Å². The van der Waals surface area contributed by atoms with Crippen LogP contribution in [0.25, 0.3) is 0 Å². The molecule has 0 saturated heterocycles. The SMILES string of the molecule is CCCCCCOC(=O)CC(=O)CI. The quantitative estimate of drug-likeness (QED) is 0.227. The van der Waals surface area contributed by atoms with Gasteiger partial charge in [0.15, 0.2) is 5.78 Å². The summed E-state index contributed by atoms with van der Waals surface area (Å²) >= 11 is 1.95. The fraction of sp³-hybridized carbons (Fsp3) is 0.800. The number of carbonyl (C=O) groups is 2. The summed E-state index contributed by atoms with van der Waals surface area (Å²) in [6.07, 6.45) is 4.25. The third kappa shape index (κ3) is 8.47. The van der Waals surface area contributed by atoms with Crippen LogP contribution in [0.2, 0.25) is 0 Å². The average molecular weight is 312 g/mol. The highest BCUT2D eigenvalue weighted by Crippen LogP contribution is 2.00. The van der Waals surface area contributed by atoms with Crippen LogP contribution < -0.4 is 0 Å². The third-order valence-corrected chi connectivity index (χ3v) is 2.60. The lowest BCUT2D eigenvalue weighted by molar-refractivity contribution is -0.145. The molecule has 0 aromatic heterocycles. The van der Waals surface area contributed by atoms with Gasteiger partial charge in [0.1, 0.15) is 6.42 Å². The fourth-order valence-electron chi connectivity index (χ4n) is 0.974. The number of alkyl halides is 1. The summed E-state index contributed by atoms with van der Waals surface area (Å²) < 4.78 is 5.28. The minimum absolute atomic E-state index is 0.0656. The van der Waals surface area contributed by atoms with Crippen LogP contribution in [0.15, 0.2) is 0 Å². The number of ether oxygens (including phenoxy) is 1. The van der Waals surface area contributed by atoms with Crippen molar-refractivity contribution in [2.45, 2.75) is 39.0 Å². The summed E-state index contributed by atoms with van der Waals surface area (Å²) in [4.78, 5) is 21.8. The topological polar surface area (TPSA) is 43.4 Å². The van der Waals surface area contributed by atoms with Crippen LogP contribution in [-0.4, -0.2) is 22.8 Å². The van der Waals surface area contributed by atoms with Crippen LogP contribution in [0.3, 0.4) is 0 Å². The van der Waals surface area contributed by atoms with Gasteiger partial charge in [0.2, 0.25) is 0 Å². The number of Topliss-reactive ketones (excluding diaryl/α,β-unsaturated/α-hetero) is 1. The van der Waals surface area contributed by atoms with Crippen LogP contribution in [0.5, 0.6) is 0 Å². The molecule has 0 aromatic carbocycles. The molecule has 0 spiro atoms. The predicted molar refractivity (Wildman–Crippen MR) is 63.6 cm³/mol. The minimum atomic E-state index is -0.386. The first-order valence-electron chi connectivity index (χ1n) is 4.94. The van der Waals surface area contributed by atoms with Crippen LogP contribution in [-0.2, 0) is 14.3 Å². The Labute approximate surface area is 98.7 Å². The van der Waals surface area contributed by atoms with Crippen molar-refractivity contribution in [2.75, 3.05) is 11.0 Å². The lowest BCUT2D eigenvalue weighted by Crippen LogP contribution is -2.12. The highest BCUT2D eigenvalue weighted by Gasteiger charge is 2.08. The molecule has 0 unspecified atom stereocenters. The van der Waals surface area contributed by atoms with Gasteiger partial charge >= 0.3 is 5.97 Å². The average Bonchev–Trinajstić information content (AvgIpc) is 2.17. The summed E-state index contributed by atoms with van der Waals surface area (Å²) in [5.74, 6) is -0.452. The van der Waals surface area contributed by atoms with Crippen LogP contribution in [0.4, 0.5) is 0 Å². The number of esters is 1. The van der Waals surface area contributed by atoms with E-state index < -0.39 is 0 Å². The zero-order valence-electron chi connectivity index (χ0n) is 8.55. The number of carbonyl (C=O) groups excluding carboxylic acids is 2. The summed E-state index contributed by atoms with van der Waals surface area (Å²) in [5, 5.41) is 0. The molecule has 0 bridgehead atoms. The van der Waals surface area contributed by atoms with E-state index in [1.807, 2.05) is 22.6 Å². The monoisotopic (exact) mass is 312 g/mol. The Hall–Kier alpha value is -0.130. The molecular formula is C10H17IO3. The molecule has 0 fully saturated rings. The van der Waals surface area contributed by atoms with Crippen LogP contribution >= 0.6 is 22.6 Å². The van der Waals surface area contributed by atoms with Crippen LogP contribution in [0, 0.1) is 0 Å². The first kappa shape index (κ1) is 13.9. The maximum Gasteiger partial charge on any atom is 0.313 e. The smallest absolute Gasteiger partial charge is 0.313 e. The first-order valence-corrected chi connectivity index (χ1v) is 6.46. The second kappa shape index (κ2) is 9.43. The Bertz CT molecular complexity index is 180. The van der Waals surface area contributed by atoms with E-state index in [-0.39, 0.29) is 18.2 Å². The zero-order chi connectivity index (χ0) is 10.8. The summed E-state index contributed by atoms with van der Waals surface area (Å²) in [6, 6.07) is 0. The van der Waals surface area contributed by atoms with E-state index in [4.69, 9.17) is 4.74 Å². The Morgan fingerprint density at radius 1 is 1.21 bits per heavy atom. The van der Waals surface area contributed by atoms with Crippen molar-refractivity contribution in [1.29, 1.82) is 0 Å². The zero-order valence-corrected chi connectivity index (χ0v) is 10.7. The molecular weight excluding hydrogens is 295 g/mol. The molecule has 0 aliphatic heterocycles. The van der Waals surface area contributed by atoms with Gasteiger partial charge in [-0.15, -0.1) is 0 Å². The molecule has 0 atom stereocenters. The van der Waals surface area contributed by atoms with E-state index in [1.165, 1.54) is 12.8 Å². The lowest BCUT2D eigenvalue weighted by Gasteiger charge is -2.02. The van der Waals surface area contributed by atoms with Gasteiger partial charge in [0, 0.05) is 0 Å². The second-order valence-electron chi connectivity index (χ2n) is 3.13. The lowest BCUT2D eigenvalue weighted by atomic mass is 10.2. The number of hydrogen-bond acceptors (Lipinski definition) is 3. The predicted octanol–water partition coefficient (Wildman–Crippen LogP) is 2.50. The van der Waals surface area contributed by atoms with Crippen molar-refractivity contribution in [3.8, 4) is 0 Å². The summed E-state index contributed by atoms with van der Waals surface area (Å²) in [7, 11) is 0. The van der Waals surface area contributed by atoms with E-state index in [1.54, 1.807) is 0 Å². The molecule has 82 valence electrons. The highest BCUT2D eigenvalue weighted by molar-refractivity contribution is 14.1. The van der Waals surface area contributed by atoms with Crippen molar-refractivity contribution >= 4 is 34.3 Å². The Morgan fingerprint density at radius 2 is 1.93 bits per heavy atom. The van der Waals surface area contributed by atoms with Gasteiger partial charge in [-0.3, -0.25) is 9.59 Å². The normalized spacial score (nSPS) is 9.86. The molecule has 0 heterocycles. The molecule has 0 aliphatic carbocycles. The molecule has 0 aliphatic rings. The van der Waals surface area contributed by atoms with Crippen molar-refractivity contribution < 1.29 is 14.3 Å². The summed E-state index contributed by atoms with van der Waals surface area (Å²) in [5.41, 5.74) is 0. The van der Waals surface area contributed by atoms with Crippen molar-refractivity contribution in [3.63, 3.8) is 0 Å². The molecule has 4 heteroatoms. The molecule has 14 heavy (non-hydrogen) atoms. The van der Waals surface area contributed by atoms with E-state index in [9.17, 15) is 9.59 Å². The van der Waals surface area contributed by atoms with Gasteiger partial charge in [0.25, 0.3) is 0 Å². The molecule has 0 rings (SSSR count). The molecule has 0 amide bonds. The van der Waals surface area contributed by atoms with E-state index in [0.717, 1.165) is 12.8 Å². The number of halogens is 1. The van der Waals surface area contributed by atoms with Gasteiger partial charge in [-0.25, -0.2) is 0 Å². The molecule has 0 saturated carbocycles. The second-order valence-corrected chi connectivity index (χ2v) is 3.89. The fourth-order valence-corrected chi connectivity index (χ4v) is 1.24. The molecule has 0 aromatic rings. The van der Waals surface area contributed by atoms with Gasteiger partial charge in [-0.05, 0) is 6.42 Å². The molecule has 3 nitrogen and oxygen atoms in total. The number of unbranched alkanes of at least 4 members (excludes halogenated alkanes) is 3. The maximum absolute atomic E-state index is 11.0. The molecule has 0 radical (unpaired) electrons. The highest BCUT2D eigenvalue weighted by atomic mass is 127. The largest absolute Gasteiger partial charge is 0.465 e. The summed E-state index contributed by atoms with van der Waals surface area (Å²) in [6.45, 7) is 2.58. The van der Waals surface area contributed by atoms with E-state index >= 15 is 0 Å². The molecule has 0 N–H and O–H groups in total.